The molecule has 3 aromatic heterocycles. The van der Waals surface area contributed by atoms with E-state index in [1.807, 2.05) is 49.4 Å². The highest BCUT2D eigenvalue weighted by Crippen LogP contribution is 2.26. The number of allylic oxidation sites excluding steroid dienone is 2. The predicted octanol–water partition coefficient (Wildman–Crippen LogP) is 2.42. The Morgan fingerprint density at radius 1 is 1.16 bits per heavy atom. The smallest absolute Gasteiger partial charge is 0.326 e. The summed E-state index contributed by atoms with van der Waals surface area (Å²) in [5, 5.41) is 2.10. The third-order valence-electron chi connectivity index (χ3n) is 6.83. The Morgan fingerprint density at radius 3 is 2.65 bits per heavy atom. The van der Waals surface area contributed by atoms with Gasteiger partial charge in [-0.3, -0.25) is 18.7 Å². The average Bonchev–Trinajstić information content (AvgIpc) is 3.44. The maximum absolute atomic E-state index is 13.4. The van der Waals surface area contributed by atoms with Gasteiger partial charge in [0.15, 0.2) is 0 Å². The van der Waals surface area contributed by atoms with Gasteiger partial charge in [0.2, 0.25) is 11.7 Å². The molecule has 1 saturated heterocycles. The van der Waals surface area contributed by atoms with Crippen molar-refractivity contribution in [2.75, 3.05) is 18.0 Å². The second-order valence-electron chi connectivity index (χ2n) is 9.11. The number of nitrogens with one attached hydrogen (secondary N) is 1. The van der Waals surface area contributed by atoms with Crippen LogP contribution < -0.4 is 21.3 Å². The van der Waals surface area contributed by atoms with Crippen LogP contribution in [0.1, 0.15) is 53.6 Å². The normalized spacial score (nSPS) is 15.2. The first-order chi connectivity index (χ1) is 17.9. The lowest BCUT2D eigenvalue weighted by molar-refractivity contribution is 0.0941. The molecule has 0 aliphatic carbocycles. The number of nitrogens with zero attached hydrogens (tertiary/aromatic N) is 5. The van der Waals surface area contributed by atoms with Crippen molar-refractivity contribution >= 4 is 41.1 Å². The molecular weight excluding hydrogens is 468 g/mol. The van der Waals surface area contributed by atoms with Crippen molar-refractivity contribution in [1.29, 1.82) is 0 Å². The number of anilines is 1. The molecule has 9 nitrogen and oxygen atoms in total. The van der Waals surface area contributed by atoms with E-state index in [0.29, 0.717) is 40.7 Å². The largest absolute Gasteiger partial charge is 0.356 e. The number of aromatic amines is 1. The standard InChI is InChI=1S/C28H28N6O3/c1-4-5-9-24-18(2)31-28(37)34(24)20-11-13-32(14-12-20)26-15-23(29-17-30-26)27(36)22-16-33(19(3)35)25-10-7-6-8-21(22)25/h4-10,15-17,20H,2,11-14H2,1,3H3,(H,31,37)/b5-4-,24-9+. The summed E-state index contributed by atoms with van der Waals surface area (Å²) in [7, 11) is 0. The van der Waals surface area contributed by atoms with Gasteiger partial charge in [-0.1, -0.05) is 36.9 Å². The lowest BCUT2D eigenvalue weighted by Gasteiger charge is -2.33. The SMILES string of the molecule is C=c1[nH]c(=O)n(C2CCN(c3cc(C(=O)c4cn(C(C)=O)c5ccccc45)ncn3)CC2)/c1=C/C=C\C. The molecule has 0 bridgehead atoms. The Kier molecular flexibility index (Phi) is 6.43. The molecule has 0 atom stereocenters. The molecule has 37 heavy (non-hydrogen) atoms. The number of carbonyl (C=O) groups excluding carboxylic acids is 2. The monoisotopic (exact) mass is 496 g/mol. The lowest BCUT2D eigenvalue weighted by Crippen LogP contribution is -2.41. The summed E-state index contributed by atoms with van der Waals surface area (Å²) in [6.45, 7) is 8.71. The van der Waals surface area contributed by atoms with Gasteiger partial charge in [0, 0.05) is 43.7 Å². The minimum atomic E-state index is -0.263. The zero-order valence-corrected chi connectivity index (χ0v) is 20.8. The van der Waals surface area contributed by atoms with E-state index in [4.69, 9.17) is 0 Å². The van der Waals surface area contributed by atoms with Crippen LogP contribution >= 0.6 is 0 Å². The number of piperidine rings is 1. The van der Waals surface area contributed by atoms with E-state index in [1.165, 1.54) is 17.8 Å². The number of aromatic nitrogens is 5. The summed E-state index contributed by atoms with van der Waals surface area (Å²) in [4.78, 5) is 51.7. The fourth-order valence-electron chi connectivity index (χ4n) is 5.00. The fourth-order valence-corrected chi connectivity index (χ4v) is 5.00. The quantitative estimate of drug-likeness (QED) is 0.426. The highest BCUT2D eigenvalue weighted by molar-refractivity contribution is 6.16. The van der Waals surface area contributed by atoms with E-state index in [1.54, 1.807) is 16.8 Å². The second kappa shape index (κ2) is 9.85. The molecule has 0 amide bonds. The van der Waals surface area contributed by atoms with E-state index in [9.17, 15) is 14.4 Å². The lowest BCUT2D eigenvalue weighted by atomic mass is 10.0. The van der Waals surface area contributed by atoms with Crippen molar-refractivity contribution in [3.63, 3.8) is 0 Å². The first kappa shape index (κ1) is 24.2. The minimum Gasteiger partial charge on any atom is -0.356 e. The average molecular weight is 497 g/mol. The van der Waals surface area contributed by atoms with Crippen LogP contribution in [0.25, 0.3) is 23.6 Å². The van der Waals surface area contributed by atoms with Gasteiger partial charge in [0.05, 0.1) is 21.8 Å². The van der Waals surface area contributed by atoms with Crippen molar-refractivity contribution in [3.8, 4) is 0 Å². The third-order valence-corrected chi connectivity index (χ3v) is 6.83. The molecule has 1 aromatic carbocycles. The number of imidazole rings is 1. The minimum absolute atomic E-state index is 0.0349. The molecule has 1 aliphatic rings. The van der Waals surface area contributed by atoms with Crippen LogP contribution in [0.2, 0.25) is 0 Å². The molecular formula is C28H28N6O3. The topological polar surface area (TPSA) is 106 Å². The van der Waals surface area contributed by atoms with Crippen molar-refractivity contribution in [1.82, 2.24) is 24.1 Å². The van der Waals surface area contributed by atoms with Crippen LogP contribution in [0, 0.1) is 0 Å². The predicted molar refractivity (Wildman–Crippen MR) is 143 cm³/mol. The van der Waals surface area contributed by atoms with Gasteiger partial charge >= 0.3 is 5.69 Å². The molecule has 4 aromatic rings. The number of fused-ring (bicyclic) bond motifs is 1. The van der Waals surface area contributed by atoms with Crippen LogP contribution in [0.15, 0.2) is 59.8 Å². The number of ketones is 1. The maximum Gasteiger partial charge on any atom is 0.326 e. The number of H-pyrrole nitrogens is 1. The zero-order chi connectivity index (χ0) is 26.1. The molecule has 1 fully saturated rings. The third kappa shape index (κ3) is 4.44. The Morgan fingerprint density at radius 2 is 1.92 bits per heavy atom. The molecule has 0 spiro atoms. The number of carbonyl (C=O) groups is 2. The molecule has 5 rings (SSSR count). The van der Waals surface area contributed by atoms with Crippen LogP contribution in [0.5, 0.6) is 0 Å². The van der Waals surface area contributed by atoms with Crippen molar-refractivity contribution < 1.29 is 9.59 Å². The molecule has 0 radical (unpaired) electrons. The number of hydrogen-bond donors (Lipinski definition) is 1. The van der Waals surface area contributed by atoms with Gasteiger partial charge in [0.25, 0.3) is 0 Å². The Balaban J connectivity index is 1.39. The second-order valence-corrected chi connectivity index (χ2v) is 9.11. The van der Waals surface area contributed by atoms with Gasteiger partial charge in [-0.15, -0.1) is 0 Å². The van der Waals surface area contributed by atoms with Crippen molar-refractivity contribution in [2.24, 2.45) is 0 Å². The van der Waals surface area contributed by atoms with Crippen molar-refractivity contribution in [2.45, 2.75) is 32.7 Å². The first-order valence-electron chi connectivity index (χ1n) is 12.2. The van der Waals surface area contributed by atoms with Crippen molar-refractivity contribution in [3.05, 3.63) is 87.4 Å². The summed E-state index contributed by atoms with van der Waals surface area (Å²) in [6.07, 6.45) is 10.2. The molecule has 9 heteroatoms. The van der Waals surface area contributed by atoms with Gasteiger partial charge in [-0.2, -0.15) is 0 Å². The van der Waals surface area contributed by atoms with Crippen LogP contribution in [-0.4, -0.2) is 48.9 Å². The van der Waals surface area contributed by atoms with Crippen LogP contribution in [0.3, 0.4) is 0 Å². The van der Waals surface area contributed by atoms with Gasteiger partial charge in [0.1, 0.15) is 17.8 Å². The zero-order valence-electron chi connectivity index (χ0n) is 20.8. The Labute approximate surface area is 213 Å². The number of rotatable bonds is 5. The van der Waals surface area contributed by atoms with Gasteiger partial charge in [-0.25, -0.2) is 14.8 Å². The maximum atomic E-state index is 13.4. The summed E-state index contributed by atoms with van der Waals surface area (Å²) >= 11 is 0. The highest BCUT2D eigenvalue weighted by atomic mass is 16.2. The molecule has 0 unspecified atom stereocenters. The number of para-hydroxylation sites is 1. The van der Waals surface area contributed by atoms with Crippen LogP contribution in [0.4, 0.5) is 5.82 Å². The summed E-state index contributed by atoms with van der Waals surface area (Å²) < 4.78 is 3.27. The van der Waals surface area contributed by atoms with Gasteiger partial charge < -0.3 is 9.88 Å². The molecule has 4 heterocycles. The Hall–Kier alpha value is -4.53. The summed E-state index contributed by atoms with van der Waals surface area (Å²) in [5.41, 5.74) is 1.23. The molecule has 188 valence electrons. The van der Waals surface area contributed by atoms with E-state index < -0.39 is 0 Å². The van der Waals surface area contributed by atoms with E-state index in [0.717, 1.165) is 18.2 Å². The number of benzene rings is 1. The molecule has 1 N–H and O–H groups in total. The van der Waals surface area contributed by atoms with E-state index >= 15 is 0 Å². The summed E-state index contributed by atoms with van der Waals surface area (Å²) in [5.74, 6) is 0.230. The van der Waals surface area contributed by atoms with Crippen LogP contribution in [-0.2, 0) is 0 Å². The summed E-state index contributed by atoms with van der Waals surface area (Å²) in [6, 6.07) is 9.06. The first-order valence-corrected chi connectivity index (χ1v) is 12.2. The molecule has 0 saturated carbocycles. The van der Waals surface area contributed by atoms with E-state index in [2.05, 4.69) is 26.4 Å². The Bertz CT molecular complexity index is 1700. The number of hydrogen-bond acceptors (Lipinski definition) is 6. The molecule has 1 aliphatic heterocycles. The highest BCUT2D eigenvalue weighted by Gasteiger charge is 2.25. The van der Waals surface area contributed by atoms with E-state index in [-0.39, 0.29) is 29.1 Å². The van der Waals surface area contributed by atoms with Gasteiger partial charge in [-0.05, 0) is 31.9 Å². The fraction of sp³-hybridized carbons (Fsp3) is 0.250.